The highest BCUT2D eigenvalue weighted by molar-refractivity contribution is 7.15. The Balaban J connectivity index is 1.85. The van der Waals surface area contributed by atoms with Gasteiger partial charge >= 0.3 is 12.0 Å². The van der Waals surface area contributed by atoms with E-state index in [1.54, 1.807) is 0 Å². The Morgan fingerprint density at radius 2 is 2.20 bits per heavy atom. The van der Waals surface area contributed by atoms with E-state index >= 15 is 0 Å². The molecule has 0 fully saturated rings. The van der Waals surface area contributed by atoms with Gasteiger partial charge in [-0.05, 0) is 25.7 Å². The highest BCUT2D eigenvalue weighted by Crippen LogP contribution is 2.29. The number of nitrogens with zero attached hydrogens (tertiary/aromatic N) is 1. The van der Waals surface area contributed by atoms with Crippen LogP contribution in [-0.2, 0) is 22.4 Å². The molecule has 2 amide bonds. The van der Waals surface area contributed by atoms with E-state index in [0.29, 0.717) is 5.13 Å². The zero-order valence-electron chi connectivity index (χ0n) is 11.1. The molecule has 110 valence electrons. The first-order chi connectivity index (χ1) is 9.60. The van der Waals surface area contributed by atoms with Gasteiger partial charge in [0.25, 0.3) is 0 Å². The third-order valence-electron chi connectivity index (χ3n) is 3.07. The summed E-state index contributed by atoms with van der Waals surface area (Å²) in [6.45, 7) is -0.0945. The third-order valence-corrected chi connectivity index (χ3v) is 4.15. The van der Waals surface area contributed by atoms with Crippen molar-refractivity contribution in [2.24, 2.45) is 0 Å². The quantitative estimate of drug-likeness (QED) is 0.759. The molecule has 0 spiro atoms. The second-order valence-electron chi connectivity index (χ2n) is 4.49. The first-order valence-electron chi connectivity index (χ1n) is 6.39. The maximum absolute atomic E-state index is 11.7. The summed E-state index contributed by atoms with van der Waals surface area (Å²) in [7, 11) is 1.28. The number of aromatic nitrogens is 1. The Morgan fingerprint density at radius 1 is 1.45 bits per heavy atom. The molecule has 1 aliphatic carbocycles. The fourth-order valence-corrected chi connectivity index (χ4v) is 3.05. The number of anilines is 1. The monoisotopic (exact) mass is 299 g/mol. The van der Waals surface area contributed by atoms with E-state index in [9.17, 15) is 9.59 Å². The Hall–Kier alpha value is -1.67. The van der Waals surface area contributed by atoms with Crippen LogP contribution in [0.2, 0.25) is 0 Å². The lowest BCUT2D eigenvalue weighted by Gasteiger charge is -2.11. The summed E-state index contributed by atoms with van der Waals surface area (Å²) < 4.78 is 4.72. The summed E-state index contributed by atoms with van der Waals surface area (Å²) in [5.74, 6) is -1.11. The maximum atomic E-state index is 11.7. The molecule has 0 saturated heterocycles. The van der Waals surface area contributed by atoms with E-state index in [2.05, 4.69) is 15.6 Å². The van der Waals surface area contributed by atoms with Crippen molar-refractivity contribution in [3.05, 3.63) is 10.6 Å². The molecule has 20 heavy (non-hydrogen) atoms. The molecule has 2 rings (SSSR count). The minimum absolute atomic E-state index is 0.0945. The summed E-state index contributed by atoms with van der Waals surface area (Å²) in [5.41, 5.74) is 1.07. The number of nitrogens with one attached hydrogen (secondary N) is 2. The number of aliphatic carboxylic acids is 1. The van der Waals surface area contributed by atoms with Crippen molar-refractivity contribution in [2.45, 2.75) is 31.8 Å². The van der Waals surface area contributed by atoms with Gasteiger partial charge in [-0.25, -0.2) is 14.6 Å². The summed E-state index contributed by atoms with van der Waals surface area (Å²) in [4.78, 5) is 28.0. The van der Waals surface area contributed by atoms with Crippen LogP contribution in [0.15, 0.2) is 0 Å². The minimum atomic E-state index is -1.11. The van der Waals surface area contributed by atoms with Gasteiger partial charge in [0.15, 0.2) is 11.2 Å². The molecule has 1 unspecified atom stereocenters. The molecule has 3 N–H and O–H groups in total. The number of carbonyl (C=O) groups excluding carboxylic acids is 1. The van der Waals surface area contributed by atoms with Gasteiger partial charge in [0.05, 0.1) is 12.2 Å². The second-order valence-corrected chi connectivity index (χ2v) is 5.58. The van der Waals surface area contributed by atoms with Gasteiger partial charge in [0, 0.05) is 12.0 Å². The molecule has 0 bridgehead atoms. The number of carbonyl (C=O) groups is 2. The maximum Gasteiger partial charge on any atom is 0.334 e. The second kappa shape index (κ2) is 6.67. The lowest BCUT2D eigenvalue weighted by Crippen LogP contribution is -2.39. The van der Waals surface area contributed by atoms with Crippen molar-refractivity contribution in [3.8, 4) is 0 Å². The molecule has 0 radical (unpaired) electrons. The van der Waals surface area contributed by atoms with E-state index in [4.69, 9.17) is 9.84 Å². The Morgan fingerprint density at radius 3 is 2.85 bits per heavy atom. The molecule has 0 aliphatic heterocycles. The van der Waals surface area contributed by atoms with Crippen LogP contribution in [0.1, 0.15) is 23.4 Å². The third kappa shape index (κ3) is 3.67. The molecule has 1 heterocycles. The first-order valence-corrected chi connectivity index (χ1v) is 7.21. The number of aryl methyl sites for hydroxylation is 2. The van der Waals surface area contributed by atoms with Gasteiger partial charge in [-0.15, -0.1) is 11.3 Å². The van der Waals surface area contributed by atoms with Gasteiger partial charge in [0.1, 0.15) is 0 Å². The zero-order chi connectivity index (χ0) is 14.5. The normalized spacial score (nSPS) is 15.2. The van der Waals surface area contributed by atoms with E-state index < -0.39 is 18.1 Å². The number of methoxy groups -OCH3 is 1. The number of carboxylic acid groups (broad SMARTS) is 1. The van der Waals surface area contributed by atoms with Crippen LogP contribution in [0.25, 0.3) is 0 Å². The van der Waals surface area contributed by atoms with Gasteiger partial charge in [-0.3, -0.25) is 5.32 Å². The minimum Gasteiger partial charge on any atom is -0.479 e. The fraction of sp³-hybridized carbons (Fsp3) is 0.583. The molecular weight excluding hydrogens is 282 g/mol. The van der Waals surface area contributed by atoms with Crippen molar-refractivity contribution < 1.29 is 19.4 Å². The summed E-state index contributed by atoms with van der Waals surface area (Å²) >= 11 is 1.48. The van der Waals surface area contributed by atoms with Crippen molar-refractivity contribution in [2.75, 3.05) is 19.0 Å². The van der Waals surface area contributed by atoms with E-state index in [1.807, 2.05) is 0 Å². The van der Waals surface area contributed by atoms with Crippen LogP contribution in [-0.4, -0.2) is 41.8 Å². The molecular formula is C12H17N3O4S. The zero-order valence-corrected chi connectivity index (χ0v) is 12.0. The molecule has 1 aromatic heterocycles. The number of rotatable bonds is 5. The summed E-state index contributed by atoms with van der Waals surface area (Å²) in [6.07, 6.45) is 3.22. The molecule has 1 atom stereocenters. The highest BCUT2D eigenvalue weighted by atomic mass is 32.1. The van der Waals surface area contributed by atoms with E-state index in [0.717, 1.165) is 31.4 Å². The van der Waals surface area contributed by atoms with Crippen molar-refractivity contribution in [1.29, 1.82) is 0 Å². The number of amides is 2. The van der Waals surface area contributed by atoms with Crippen LogP contribution in [0, 0.1) is 0 Å². The smallest absolute Gasteiger partial charge is 0.334 e. The van der Waals surface area contributed by atoms with Gasteiger partial charge < -0.3 is 15.2 Å². The number of hydrogen-bond donors (Lipinski definition) is 3. The van der Waals surface area contributed by atoms with Crippen molar-refractivity contribution in [3.63, 3.8) is 0 Å². The van der Waals surface area contributed by atoms with Crippen LogP contribution in [0.4, 0.5) is 9.93 Å². The number of carboxylic acids is 1. The highest BCUT2D eigenvalue weighted by Gasteiger charge is 2.19. The van der Waals surface area contributed by atoms with E-state index in [1.165, 1.54) is 23.3 Å². The summed E-state index contributed by atoms with van der Waals surface area (Å²) in [6, 6.07) is -0.473. The SMILES string of the molecule is COC(CNC(=O)Nc1nc2c(s1)CCCC2)C(=O)O. The molecule has 1 aliphatic rings. The topological polar surface area (TPSA) is 101 Å². The lowest BCUT2D eigenvalue weighted by molar-refractivity contribution is -0.147. The standard InChI is InChI=1S/C12H17N3O4S/c1-19-8(10(16)17)6-13-11(18)15-12-14-7-4-2-3-5-9(7)20-12/h8H,2-6H2,1H3,(H,16,17)(H2,13,14,15,18). The Bertz CT molecular complexity index is 479. The molecule has 8 heteroatoms. The number of urea groups is 1. The van der Waals surface area contributed by atoms with E-state index in [-0.39, 0.29) is 6.54 Å². The van der Waals surface area contributed by atoms with Crippen LogP contribution in [0.5, 0.6) is 0 Å². The number of ether oxygens (including phenoxy) is 1. The van der Waals surface area contributed by atoms with Gasteiger partial charge in [0.2, 0.25) is 0 Å². The van der Waals surface area contributed by atoms with Crippen LogP contribution < -0.4 is 10.6 Å². The average molecular weight is 299 g/mol. The Kier molecular flexibility index (Phi) is 4.91. The van der Waals surface area contributed by atoms with Gasteiger partial charge in [-0.2, -0.15) is 0 Å². The van der Waals surface area contributed by atoms with Crippen LogP contribution >= 0.6 is 11.3 Å². The van der Waals surface area contributed by atoms with Crippen molar-refractivity contribution in [1.82, 2.24) is 10.3 Å². The largest absolute Gasteiger partial charge is 0.479 e. The van der Waals surface area contributed by atoms with Crippen LogP contribution in [0.3, 0.4) is 0 Å². The summed E-state index contributed by atoms with van der Waals surface area (Å²) in [5, 5.41) is 14.4. The Labute approximate surface area is 120 Å². The first kappa shape index (κ1) is 14.7. The number of fused-ring (bicyclic) bond motifs is 1. The average Bonchev–Trinajstić information content (AvgIpc) is 2.80. The fourth-order valence-electron chi connectivity index (χ4n) is 2.00. The lowest BCUT2D eigenvalue weighted by atomic mass is 10.0. The predicted octanol–water partition coefficient (Wildman–Crippen LogP) is 1.24. The number of thiazole rings is 1. The molecule has 0 aromatic carbocycles. The molecule has 1 aromatic rings. The van der Waals surface area contributed by atoms with Crippen molar-refractivity contribution >= 4 is 28.5 Å². The predicted molar refractivity (Wildman–Crippen MR) is 74.2 cm³/mol. The number of hydrogen-bond acceptors (Lipinski definition) is 5. The van der Waals surface area contributed by atoms with Gasteiger partial charge in [-0.1, -0.05) is 0 Å². The molecule has 7 nitrogen and oxygen atoms in total. The molecule has 0 saturated carbocycles.